The summed E-state index contributed by atoms with van der Waals surface area (Å²) in [6.45, 7) is 0. The molecule has 1 heterocycles. The summed E-state index contributed by atoms with van der Waals surface area (Å²) < 4.78 is 5.80. The summed E-state index contributed by atoms with van der Waals surface area (Å²) in [7, 11) is 0. The number of rotatable bonds is 4. The van der Waals surface area contributed by atoms with Gasteiger partial charge in [0.25, 0.3) is 0 Å². The molecule has 8 heteroatoms. The molecule has 0 aliphatic rings. The Hall–Kier alpha value is -2.48. The van der Waals surface area contributed by atoms with Crippen LogP contribution in [0.1, 0.15) is 10.5 Å². The smallest absolute Gasteiger partial charge is 0.354 e. The van der Waals surface area contributed by atoms with Crippen LogP contribution >= 0.6 is 15.9 Å². The average molecular weight is 339 g/mol. The van der Waals surface area contributed by atoms with Crippen LogP contribution in [0.5, 0.6) is 11.5 Å². The third kappa shape index (κ3) is 2.91. The number of carbonyl (C=O) groups is 1. The molecule has 0 aliphatic heterocycles. The van der Waals surface area contributed by atoms with Crippen molar-refractivity contribution in [2.75, 3.05) is 0 Å². The van der Waals surface area contributed by atoms with Crippen LogP contribution in [0.4, 0.5) is 5.69 Å². The van der Waals surface area contributed by atoms with Crippen molar-refractivity contribution in [3.05, 3.63) is 56.8 Å². The Bertz CT molecular complexity index is 672. The van der Waals surface area contributed by atoms with Gasteiger partial charge in [0.15, 0.2) is 0 Å². The van der Waals surface area contributed by atoms with Crippen molar-refractivity contribution in [3.8, 4) is 11.5 Å². The van der Waals surface area contributed by atoms with Crippen LogP contribution in [0.3, 0.4) is 0 Å². The fourth-order valence-corrected chi connectivity index (χ4v) is 1.86. The van der Waals surface area contributed by atoms with E-state index in [1.807, 2.05) is 0 Å². The van der Waals surface area contributed by atoms with Gasteiger partial charge in [-0.25, -0.2) is 9.78 Å². The molecule has 0 bridgehead atoms. The molecule has 1 N–H and O–H groups in total. The number of nitro benzene ring substituents is 1. The summed E-state index contributed by atoms with van der Waals surface area (Å²) in [6, 6.07) is 7.04. The summed E-state index contributed by atoms with van der Waals surface area (Å²) in [5.41, 5.74) is -0.347. The summed E-state index contributed by atoms with van der Waals surface area (Å²) in [5, 5.41) is 19.6. The lowest BCUT2D eigenvalue weighted by Gasteiger charge is -2.07. The van der Waals surface area contributed by atoms with E-state index in [2.05, 4.69) is 20.9 Å². The van der Waals surface area contributed by atoms with Gasteiger partial charge in [0.1, 0.15) is 11.4 Å². The molecule has 0 aliphatic carbocycles. The molecular weight excluding hydrogens is 332 g/mol. The van der Waals surface area contributed by atoms with Crippen molar-refractivity contribution >= 4 is 27.6 Å². The zero-order valence-electron chi connectivity index (χ0n) is 9.82. The number of hydrogen-bond donors (Lipinski definition) is 1. The minimum atomic E-state index is -1.16. The molecule has 1 aromatic carbocycles. The second-order valence-electron chi connectivity index (χ2n) is 3.63. The van der Waals surface area contributed by atoms with Gasteiger partial charge in [-0.1, -0.05) is 6.07 Å². The first kappa shape index (κ1) is 13.9. The number of carboxylic acid groups (broad SMARTS) is 1. The number of carboxylic acids is 1. The normalized spacial score (nSPS) is 10.1. The number of halogens is 1. The van der Waals surface area contributed by atoms with E-state index in [0.717, 1.165) is 0 Å². The SMILES string of the molecule is O=C(O)c1ccc(Oc2c(Br)cccc2[N+](=O)[O-])cn1. The monoisotopic (exact) mass is 338 g/mol. The highest BCUT2D eigenvalue weighted by atomic mass is 79.9. The molecule has 2 rings (SSSR count). The average Bonchev–Trinajstić information content (AvgIpc) is 2.41. The van der Waals surface area contributed by atoms with E-state index in [4.69, 9.17) is 9.84 Å². The van der Waals surface area contributed by atoms with Gasteiger partial charge in [0.05, 0.1) is 15.6 Å². The fraction of sp³-hybridized carbons (Fsp3) is 0. The molecule has 0 saturated heterocycles. The largest absolute Gasteiger partial charge is 0.477 e. The van der Waals surface area contributed by atoms with Crippen molar-refractivity contribution in [1.29, 1.82) is 0 Å². The maximum absolute atomic E-state index is 10.9. The van der Waals surface area contributed by atoms with Crippen LogP contribution in [0.2, 0.25) is 0 Å². The van der Waals surface area contributed by atoms with Crippen LogP contribution in [-0.2, 0) is 0 Å². The third-order valence-corrected chi connectivity index (χ3v) is 2.94. The van der Waals surface area contributed by atoms with Gasteiger partial charge in [-0.2, -0.15) is 0 Å². The maximum Gasteiger partial charge on any atom is 0.354 e. The number of aromatic carboxylic acids is 1. The lowest BCUT2D eigenvalue weighted by atomic mass is 10.3. The molecule has 7 nitrogen and oxygen atoms in total. The molecule has 102 valence electrons. The zero-order chi connectivity index (χ0) is 14.7. The molecule has 0 fully saturated rings. The van der Waals surface area contributed by atoms with Crippen molar-refractivity contribution in [1.82, 2.24) is 4.98 Å². The van der Waals surface area contributed by atoms with Gasteiger partial charge in [-0.3, -0.25) is 10.1 Å². The highest BCUT2D eigenvalue weighted by Gasteiger charge is 2.19. The van der Waals surface area contributed by atoms with Gasteiger partial charge in [-0.15, -0.1) is 0 Å². The molecule has 0 unspecified atom stereocenters. The first-order valence-corrected chi connectivity index (χ1v) is 6.08. The Morgan fingerprint density at radius 1 is 1.35 bits per heavy atom. The first-order chi connectivity index (χ1) is 9.49. The molecule has 1 aromatic heterocycles. The van der Waals surface area contributed by atoms with E-state index in [1.165, 1.54) is 30.5 Å². The van der Waals surface area contributed by atoms with Gasteiger partial charge in [0.2, 0.25) is 5.75 Å². The maximum atomic E-state index is 10.9. The van der Waals surface area contributed by atoms with Gasteiger partial charge in [0, 0.05) is 6.07 Å². The van der Waals surface area contributed by atoms with E-state index in [-0.39, 0.29) is 22.9 Å². The molecule has 2 aromatic rings. The number of nitrogens with zero attached hydrogens (tertiary/aromatic N) is 2. The predicted molar refractivity (Wildman–Crippen MR) is 72.1 cm³/mol. The summed E-state index contributed by atoms with van der Waals surface area (Å²) in [6.07, 6.45) is 1.19. The highest BCUT2D eigenvalue weighted by Crippen LogP contribution is 2.37. The number of ether oxygens (including phenoxy) is 1. The van der Waals surface area contributed by atoms with E-state index < -0.39 is 10.9 Å². The molecule has 0 atom stereocenters. The lowest BCUT2D eigenvalue weighted by molar-refractivity contribution is -0.385. The number of para-hydroxylation sites is 1. The quantitative estimate of drug-likeness (QED) is 0.678. The van der Waals surface area contributed by atoms with Gasteiger partial charge < -0.3 is 9.84 Å². The Kier molecular flexibility index (Phi) is 3.94. The number of hydrogen-bond acceptors (Lipinski definition) is 5. The second-order valence-corrected chi connectivity index (χ2v) is 4.49. The summed E-state index contributed by atoms with van der Waals surface area (Å²) in [5.74, 6) is -0.934. The first-order valence-electron chi connectivity index (χ1n) is 5.29. The van der Waals surface area contributed by atoms with Gasteiger partial charge >= 0.3 is 11.7 Å². The highest BCUT2D eigenvalue weighted by molar-refractivity contribution is 9.10. The minimum absolute atomic E-state index is 0.0300. The Labute approximate surface area is 121 Å². The molecule has 0 amide bonds. The summed E-state index contributed by atoms with van der Waals surface area (Å²) in [4.78, 5) is 24.7. The van der Waals surface area contributed by atoms with Crippen LogP contribution in [0.25, 0.3) is 0 Å². The lowest BCUT2D eigenvalue weighted by Crippen LogP contribution is -2.00. The molecule has 0 radical (unpaired) electrons. The fourth-order valence-electron chi connectivity index (χ4n) is 1.43. The molecular formula is C12H7BrN2O5. The van der Waals surface area contributed by atoms with Crippen molar-refractivity contribution in [2.24, 2.45) is 0 Å². The second kappa shape index (κ2) is 5.66. The topological polar surface area (TPSA) is 103 Å². The third-order valence-electron chi connectivity index (χ3n) is 2.32. The molecule has 0 spiro atoms. The number of pyridine rings is 1. The van der Waals surface area contributed by atoms with Crippen LogP contribution < -0.4 is 4.74 Å². The zero-order valence-corrected chi connectivity index (χ0v) is 11.4. The Morgan fingerprint density at radius 3 is 2.65 bits per heavy atom. The van der Waals surface area contributed by atoms with Crippen LogP contribution in [0.15, 0.2) is 41.0 Å². The van der Waals surface area contributed by atoms with E-state index in [9.17, 15) is 14.9 Å². The van der Waals surface area contributed by atoms with E-state index in [0.29, 0.717) is 4.47 Å². The number of aromatic nitrogens is 1. The summed E-state index contributed by atoms with van der Waals surface area (Å²) >= 11 is 3.17. The molecule has 0 saturated carbocycles. The Balaban J connectivity index is 2.34. The standard InChI is InChI=1S/C12H7BrN2O5/c13-8-2-1-3-10(15(18)19)11(8)20-7-4-5-9(12(16)17)14-6-7/h1-6H,(H,16,17). The van der Waals surface area contributed by atoms with Crippen LogP contribution in [-0.4, -0.2) is 21.0 Å². The van der Waals surface area contributed by atoms with E-state index >= 15 is 0 Å². The minimum Gasteiger partial charge on any atom is -0.477 e. The predicted octanol–water partition coefficient (Wildman–Crippen LogP) is 3.24. The van der Waals surface area contributed by atoms with Crippen molar-refractivity contribution in [2.45, 2.75) is 0 Å². The number of nitro groups is 1. The van der Waals surface area contributed by atoms with E-state index in [1.54, 1.807) is 6.07 Å². The van der Waals surface area contributed by atoms with Crippen LogP contribution in [0, 0.1) is 10.1 Å². The van der Waals surface area contributed by atoms with Crippen molar-refractivity contribution < 1.29 is 19.6 Å². The number of benzene rings is 1. The Morgan fingerprint density at radius 2 is 2.10 bits per heavy atom. The molecule has 20 heavy (non-hydrogen) atoms. The van der Waals surface area contributed by atoms with Gasteiger partial charge in [-0.05, 0) is 34.1 Å². The van der Waals surface area contributed by atoms with Crippen molar-refractivity contribution in [3.63, 3.8) is 0 Å².